The summed E-state index contributed by atoms with van der Waals surface area (Å²) in [5.74, 6) is 0.250. The van der Waals surface area contributed by atoms with Crippen LogP contribution < -0.4 is 10.8 Å². The Balaban J connectivity index is 1.45. The highest BCUT2D eigenvalue weighted by atomic mass is 35.5. The normalized spacial score (nSPS) is 11.7. The molecule has 226 valence electrons. The number of carbonyl (C=O) groups excluding carboxylic acids is 1. The van der Waals surface area contributed by atoms with Crippen LogP contribution >= 0.6 is 35.0 Å². The number of hydrogen-bond donors (Lipinski definition) is 4. The highest BCUT2D eigenvalue weighted by molar-refractivity contribution is 7.99. The number of pyridine rings is 1. The number of halogens is 2. The van der Waals surface area contributed by atoms with Gasteiger partial charge in [-0.15, -0.1) is 0 Å². The maximum atomic E-state index is 13.0. The van der Waals surface area contributed by atoms with Crippen LogP contribution in [-0.4, -0.2) is 27.9 Å². The zero-order valence-electron chi connectivity index (χ0n) is 25.0. The van der Waals surface area contributed by atoms with Gasteiger partial charge in [0.15, 0.2) is 0 Å². The molecule has 1 heterocycles. The summed E-state index contributed by atoms with van der Waals surface area (Å²) in [4.78, 5) is 19.4. The lowest BCUT2D eigenvalue weighted by molar-refractivity contribution is -0.119. The maximum Gasteiger partial charge on any atom is 0.229 e. The van der Waals surface area contributed by atoms with Crippen LogP contribution in [0.4, 0.5) is 5.69 Å². The number of amidine groups is 1. The zero-order chi connectivity index (χ0) is 32.0. The van der Waals surface area contributed by atoms with E-state index in [0.29, 0.717) is 27.2 Å². The number of aliphatic imine (C=N–C) groups is 1. The van der Waals surface area contributed by atoms with E-state index in [2.05, 4.69) is 10.3 Å². The van der Waals surface area contributed by atoms with Gasteiger partial charge in [-0.05, 0) is 66.4 Å². The second kappa shape index (κ2) is 14.2. The van der Waals surface area contributed by atoms with Crippen molar-refractivity contribution in [2.45, 2.75) is 50.3 Å². The van der Waals surface area contributed by atoms with Gasteiger partial charge in [0.25, 0.3) is 0 Å². The summed E-state index contributed by atoms with van der Waals surface area (Å²) in [6.07, 6.45) is 2.11. The molecule has 0 aliphatic rings. The minimum atomic E-state index is -0.339. The van der Waals surface area contributed by atoms with Crippen molar-refractivity contribution in [1.29, 1.82) is 16.2 Å². The van der Waals surface area contributed by atoms with Gasteiger partial charge in [-0.2, -0.15) is 0 Å². The van der Waals surface area contributed by atoms with Crippen LogP contribution in [0.15, 0.2) is 99.8 Å². The Kier molecular flexibility index (Phi) is 10.6. The number of nitrogens with one attached hydrogen (secondary N) is 4. The van der Waals surface area contributed by atoms with Gasteiger partial charge < -0.3 is 10.7 Å². The van der Waals surface area contributed by atoms with Crippen LogP contribution in [0.3, 0.4) is 0 Å². The molecule has 0 spiro atoms. The maximum absolute atomic E-state index is 13.0. The third kappa shape index (κ3) is 8.78. The van der Waals surface area contributed by atoms with Gasteiger partial charge in [0.05, 0.1) is 27.7 Å². The minimum Gasteiger partial charge on any atom is -0.314 e. The molecule has 0 aliphatic heterocycles. The predicted octanol–water partition coefficient (Wildman–Crippen LogP) is 8.45. The second-order valence-corrected chi connectivity index (χ2v) is 13.3. The van der Waals surface area contributed by atoms with E-state index in [1.807, 2.05) is 82.3 Å². The lowest BCUT2D eigenvalue weighted by Gasteiger charge is -2.21. The summed E-state index contributed by atoms with van der Waals surface area (Å²) in [5.41, 5.74) is 3.30. The van der Waals surface area contributed by atoms with E-state index in [-0.39, 0.29) is 35.5 Å². The number of hydrogen-bond acceptors (Lipinski definition) is 6. The van der Waals surface area contributed by atoms with E-state index >= 15 is 0 Å². The molecule has 0 unspecified atom stereocenters. The van der Waals surface area contributed by atoms with Crippen molar-refractivity contribution in [1.82, 2.24) is 9.88 Å². The van der Waals surface area contributed by atoms with Crippen LogP contribution in [0.1, 0.15) is 43.9 Å². The molecule has 0 aliphatic carbocycles. The van der Waals surface area contributed by atoms with E-state index in [1.165, 1.54) is 16.3 Å². The van der Waals surface area contributed by atoms with E-state index in [9.17, 15) is 4.79 Å². The Morgan fingerprint density at radius 3 is 2.14 bits per heavy atom. The molecule has 0 atom stereocenters. The first-order chi connectivity index (χ1) is 20.8. The lowest BCUT2D eigenvalue weighted by Crippen LogP contribution is -2.35. The molecule has 0 saturated heterocycles. The van der Waals surface area contributed by atoms with Crippen LogP contribution in [-0.2, 0) is 11.2 Å². The van der Waals surface area contributed by atoms with Crippen molar-refractivity contribution in [2.24, 2.45) is 10.4 Å². The molecule has 0 bridgehead atoms. The quantitative estimate of drug-likeness (QED) is 0.114. The molecule has 4 aromatic rings. The third-order valence-corrected chi connectivity index (χ3v) is 8.33. The fraction of sp³-hybridized carbons (Fsp3) is 0.206. The van der Waals surface area contributed by atoms with Crippen molar-refractivity contribution in [3.63, 3.8) is 0 Å². The average molecular weight is 646 g/mol. The number of amides is 1. The smallest absolute Gasteiger partial charge is 0.229 e. The lowest BCUT2D eigenvalue weighted by atomic mass is 9.88. The predicted molar refractivity (Wildman–Crippen MR) is 181 cm³/mol. The standard InChI is InChI=1S/C34H34Cl2N6OS/c1-21-8-12-23(13-9-21)40-30(19-28(37)34(2,3)4)41-31(43)18-22-10-14-24(15-11-22)44-25-16-17-29(38)42(20-25)33(39)32-26(35)6-5-7-27(32)36/h5-17,20,37-39H,18-19H2,1-4H3,(H,40,41,43). The molecule has 0 radical (unpaired) electrons. The molecule has 1 aromatic heterocycles. The van der Waals surface area contributed by atoms with Gasteiger partial charge in [0, 0.05) is 28.1 Å². The Bertz CT molecular complexity index is 1770. The van der Waals surface area contributed by atoms with Crippen molar-refractivity contribution in [3.8, 4) is 0 Å². The molecule has 0 saturated carbocycles. The van der Waals surface area contributed by atoms with Gasteiger partial charge in [0.2, 0.25) is 5.91 Å². The molecular formula is C34H34Cl2N6OS. The van der Waals surface area contributed by atoms with Crippen LogP contribution in [0, 0.1) is 28.6 Å². The van der Waals surface area contributed by atoms with Gasteiger partial charge in [-0.3, -0.25) is 20.2 Å². The summed E-state index contributed by atoms with van der Waals surface area (Å²) >= 11 is 14.1. The van der Waals surface area contributed by atoms with E-state index in [4.69, 9.17) is 39.4 Å². The number of nitrogens with zero attached hydrogens (tertiary/aromatic N) is 2. The van der Waals surface area contributed by atoms with E-state index in [0.717, 1.165) is 26.6 Å². The monoisotopic (exact) mass is 644 g/mol. The highest BCUT2D eigenvalue weighted by Gasteiger charge is 2.20. The molecule has 3 aromatic carbocycles. The first-order valence-electron chi connectivity index (χ1n) is 13.9. The molecule has 4 N–H and O–H groups in total. The van der Waals surface area contributed by atoms with Crippen LogP contribution in [0.5, 0.6) is 0 Å². The van der Waals surface area contributed by atoms with E-state index in [1.54, 1.807) is 30.5 Å². The number of benzene rings is 3. The van der Waals surface area contributed by atoms with Gasteiger partial charge in [-0.25, -0.2) is 4.99 Å². The first-order valence-corrected chi connectivity index (χ1v) is 15.5. The Morgan fingerprint density at radius 2 is 1.52 bits per heavy atom. The largest absolute Gasteiger partial charge is 0.314 e. The van der Waals surface area contributed by atoms with Crippen LogP contribution in [0.2, 0.25) is 10.0 Å². The van der Waals surface area contributed by atoms with Crippen molar-refractivity contribution in [3.05, 3.63) is 117 Å². The number of rotatable bonds is 8. The number of aromatic nitrogens is 1. The summed E-state index contributed by atoms with van der Waals surface area (Å²) in [5, 5.41) is 29.1. The van der Waals surface area contributed by atoms with Crippen LogP contribution in [0.25, 0.3) is 0 Å². The third-order valence-electron chi connectivity index (χ3n) is 6.72. The van der Waals surface area contributed by atoms with Crippen molar-refractivity contribution < 1.29 is 4.79 Å². The fourth-order valence-electron chi connectivity index (χ4n) is 4.09. The van der Waals surface area contributed by atoms with Gasteiger partial charge >= 0.3 is 0 Å². The molecule has 1 amide bonds. The molecule has 0 fully saturated rings. The number of carbonyl (C=O) groups is 1. The Morgan fingerprint density at radius 1 is 0.909 bits per heavy atom. The summed E-state index contributed by atoms with van der Waals surface area (Å²) < 4.78 is 1.43. The summed E-state index contributed by atoms with van der Waals surface area (Å²) in [6, 6.07) is 23.8. The molecule has 44 heavy (non-hydrogen) atoms. The zero-order valence-corrected chi connectivity index (χ0v) is 27.3. The van der Waals surface area contributed by atoms with Gasteiger partial charge in [-0.1, -0.05) is 91.6 Å². The summed E-state index contributed by atoms with van der Waals surface area (Å²) in [6.45, 7) is 7.92. The Labute approximate surface area is 271 Å². The van der Waals surface area contributed by atoms with E-state index < -0.39 is 0 Å². The molecule has 10 heteroatoms. The minimum absolute atomic E-state index is 0.0114. The molecule has 4 rings (SSSR count). The molecule has 7 nitrogen and oxygen atoms in total. The van der Waals surface area contributed by atoms with Crippen molar-refractivity contribution >= 4 is 63.9 Å². The Hall–Kier alpha value is -3.98. The number of aryl methyl sites for hydroxylation is 1. The highest BCUT2D eigenvalue weighted by Crippen LogP contribution is 2.29. The fourth-order valence-corrected chi connectivity index (χ4v) is 5.51. The topological polar surface area (TPSA) is 118 Å². The average Bonchev–Trinajstić information content (AvgIpc) is 2.95. The first kappa shape index (κ1) is 32.9. The van der Waals surface area contributed by atoms with Gasteiger partial charge in [0.1, 0.15) is 17.2 Å². The second-order valence-electron chi connectivity index (χ2n) is 11.3. The summed E-state index contributed by atoms with van der Waals surface area (Å²) in [7, 11) is 0. The SMILES string of the molecule is Cc1ccc(N=C(CC(=N)C(C)(C)C)NC(=O)Cc2ccc(Sc3ccc(=N)n(C(=N)c4c(Cl)cccc4Cl)c3)cc2)cc1. The van der Waals surface area contributed by atoms with Crippen molar-refractivity contribution in [2.75, 3.05) is 0 Å². The molecular weight excluding hydrogens is 611 g/mol.